The summed E-state index contributed by atoms with van der Waals surface area (Å²) >= 11 is 0. The van der Waals surface area contributed by atoms with Crippen molar-refractivity contribution >= 4 is 5.97 Å². The van der Waals surface area contributed by atoms with Crippen molar-refractivity contribution < 1.29 is 14.3 Å². The third-order valence-electron chi connectivity index (χ3n) is 2.65. The Morgan fingerprint density at radius 1 is 1.55 bits per heavy atom. The second-order valence-corrected chi connectivity index (χ2v) is 4.09. The number of nitrogens with zero attached hydrogens (tertiary/aromatic N) is 4. The molecule has 0 aliphatic rings. The van der Waals surface area contributed by atoms with Gasteiger partial charge < -0.3 is 5.11 Å². The zero-order chi connectivity index (χ0) is 14.7. The Labute approximate surface area is 114 Å². The van der Waals surface area contributed by atoms with E-state index in [1.807, 2.05) is 6.92 Å². The first-order valence-electron chi connectivity index (χ1n) is 5.96. The van der Waals surface area contributed by atoms with E-state index in [2.05, 4.69) is 10.1 Å². The first kappa shape index (κ1) is 13.7. The van der Waals surface area contributed by atoms with Gasteiger partial charge in [0.1, 0.15) is 17.7 Å². The molecule has 0 bridgehead atoms. The second kappa shape index (κ2) is 5.48. The smallest absolute Gasteiger partial charge is 0.375 e. The van der Waals surface area contributed by atoms with Crippen molar-refractivity contribution in [3.05, 3.63) is 41.2 Å². The van der Waals surface area contributed by atoms with Crippen LogP contribution in [0.5, 0.6) is 0 Å². The van der Waals surface area contributed by atoms with E-state index >= 15 is 0 Å². The highest BCUT2D eigenvalue weighted by molar-refractivity contribution is 5.83. The summed E-state index contributed by atoms with van der Waals surface area (Å²) in [4.78, 5) is 14.9. The third kappa shape index (κ3) is 2.49. The van der Waals surface area contributed by atoms with Crippen LogP contribution in [0.1, 0.15) is 35.4 Å². The van der Waals surface area contributed by atoms with Crippen LogP contribution < -0.4 is 0 Å². The number of hydrogen-bond donors (Lipinski definition) is 1. The number of carbonyl (C=O) groups is 1. The highest BCUT2D eigenvalue weighted by atomic mass is 19.1. The molecule has 102 valence electrons. The molecule has 0 fully saturated rings. The van der Waals surface area contributed by atoms with Gasteiger partial charge in [0, 0.05) is 6.42 Å². The molecule has 0 saturated carbocycles. The molecule has 2 aromatic rings. The van der Waals surface area contributed by atoms with Gasteiger partial charge in [-0.3, -0.25) is 0 Å². The normalized spacial score (nSPS) is 10.2. The number of carboxylic acid groups (broad SMARTS) is 1. The Kier molecular flexibility index (Phi) is 3.75. The lowest BCUT2D eigenvalue weighted by molar-refractivity contribution is 0.0683. The first-order valence-corrected chi connectivity index (χ1v) is 5.96. The van der Waals surface area contributed by atoms with E-state index < -0.39 is 11.8 Å². The molecule has 1 aromatic carbocycles. The predicted octanol–water partition coefficient (Wildman–Crippen LogP) is 1.93. The van der Waals surface area contributed by atoms with Gasteiger partial charge in [-0.1, -0.05) is 6.92 Å². The lowest BCUT2D eigenvalue weighted by Gasteiger charge is -2.05. The summed E-state index contributed by atoms with van der Waals surface area (Å²) in [6, 6.07) is 5.62. The SMILES string of the molecule is CCCc1nc(C(=O)O)nn1-c1ccc(F)c(C#N)c1. The van der Waals surface area contributed by atoms with Gasteiger partial charge in [-0.15, -0.1) is 5.10 Å². The van der Waals surface area contributed by atoms with Crippen LogP contribution in [0.2, 0.25) is 0 Å². The maximum Gasteiger partial charge on any atom is 0.375 e. The van der Waals surface area contributed by atoms with Gasteiger partial charge in [0.25, 0.3) is 5.82 Å². The Bertz CT molecular complexity index is 703. The second-order valence-electron chi connectivity index (χ2n) is 4.09. The number of benzene rings is 1. The van der Waals surface area contributed by atoms with Gasteiger partial charge in [-0.2, -0.15) is 5.26 Å². The van der Waals surface area contributed by atoms with Crippen LogP contribution in [-0.2, 0) is 6.42 Å². The van der Waals surface area contributed by atoms with Crippen molar-refractivity contribution in [3.63, 3.8) is 0 Å². The van der Waals surface area contributed by atoms with Crippen molar-refractivity contribution in [3.8, 4) is 11.8 Å². The number of rotatable bonds is 4. The van der Waals surface area contributed by atoms with E-state index in [0.29, 0.717) is 17.9 Å². The van der Waals surface area contributed by atoms with Crippen LogP contribution in [0.15, 0.2) is 18.2 Å². The van der Waals surface area contributed by atoms with Crippen LogP contribution in [0.25, 0.3) is 5.69 Å². The number of carboxylic acids is 1. The molecule has 0 aliphatic carbocycles. The number of aryl methyl sites for hydroxylation is 1. The number of aromatic nitrogens is 3. The molecule has 1 N–H and O–H groups in total. The average Bonchev–Trinajstić information content (AvgIpc) is 2.84. The standard InChI is InChI=1S/C13H11FN4O2/c1-2-3-11-16-12(13(19)20)17-18(11)9-4-5-10(14)8(6-9)7-15/h4-6H,2-3H2,1H3,(H,19,20). The molecule has 0 aliphatic heterocycles. The average molecular weight is 274 g/mol. The largest absolute Gasteiger partial charge is 0.475 e. The van der Waals surface area contributed by atoms with Crippen molar-refractivity contribution in [2.45, 2.75) is 19.8 Å². The molecule has 1 heterocycles. The van der Waals surface area contributed by atoms with Gasteiger partial charge in [0.15, 0.2) is 0 Å². The van der Waals surface area contributed by atoms with Gasteiger partial charge in [0.2, 0.25) is 0 Å². The molecule has 0 saturated heterocycles. The van der Waals surface area contributed by atoms with Crippen molar-refractivity contribution in [1.82, 2.24) is 14.8 Å². The molecule has 7 heteroatoms. The molecule has 0 unspecified atom stereocenters. The molecule has 6 nitrogen and oxygen atoms in total. The summed E-state index contributed by atoms with van der Waals surface area (Å²) < 4.78 is 14.6. The molecule has 0 atom stereocenters. The van der Waals surface area contributed by atoms with E-state index in [9.17, 15) is 9.18 Å². The molecule has 2 rings (SSSR count). The fraction of sp³-hybridized carbons (Fsp3) is 0.231. The number of halogens is 1. The van der Waals surface area contributed by atoms with Crippen LogP contribution in [0, 0.1) is 17.1 Å². The van der Waals surface area contributed by atoms with Crippen molar-refractivity contribution in [2.24, 2.45) is 0 Å². The maximum atomic E-state index is 13.3. The zero-order valence-corrected chi connectivity index (χ0v) is 10.7. The van der Waals surface area contributed by atoms with Gasteiger partial charge in [-0.25, -0.2) is 18.9 Å². The summed E-state index contributed by atoms with van der Waals surface area (Å²) in [6.45, 7) is 1.92. The minimum atomic E-state index is -1.23. The summed E-state index contributed by atoms with van der Waals surface area (Å²) in [7, 11) is 0. The Morgan fingerprint density at radius 3 is 2.90 bits per heavy atom. The van der Waals surface area contributed by atoms with Gasteiger partial charge in [-0.05, 0) is 24.6 Å². The Balaban J connectivity index is 2.56. The van der Waals surface area contributed by atoms with E-state index in [-0.39, 0.29) is 11.4 Å². The van der Waals surface area contributed by atoms with Crippen molar-refractivity contribution in [1.29, 1.82) is 5.26 Å². The molecule has 0 amide bonds. The first-order chi connectivity index (χ1) is 9.56. The maximum absolute atomic E-state index is 13.3. The minimum Gasteiger partial charge on any atom is -0.475 e. The summed E-state index contributed by atoms with van der Waals surface area (Å²) in [5.41, 5.74) is 0.281. The van der Waals surface area contributed by atoms with E-state index in [4.69, 9.17) is 10.4 Å². The number of aromatic carboxylic acids is 1. The number of hydrogen-bond acceptors (Lipinski definition) is 4. The summed E-state index contributed by atoms with van der Waals surface area (Å²) in [5.74, 6) is -1.73. The van der Waals surface area contributed by atoms with Crippen LogP contribution in [0.3, 0.4) is 0 Å². The van der Waals surface area contributed by atoms with E-state index in [0.717, 1.165) is 12.5 Å². The zero-order valence-electron chi connectivity index (χ0n) is 10.7. The van der Waals surface area contributed by atoms with E-state index in [1.54, 1.807) is 6.07 Å². The highest BCUT2D eigenvalue weighted by Gasteiger charge is 2.16. The van der Waals surface area contributed by atoms with Gasteiger partial charge in [0.05, 0.1) is 11.3 Å². The lowest BCUT2D eigenvalue weighted by Crippen LogP contribution is -2.04. The summed E-state index contributed by atoms with van der Waals surface area (Å²) in [6.07, 6.45) is 1.28. The van der Waals surface area contributed by atoms with Crippen molar-refractivity contribution in [2.75, 3.05) is 0 Å². The van der Waals surface area contributed by atoms with Crippen LogP contribution in [0.4, 0.5) is 4.39 Å². The topological polar surface area (TPSA) is 91.8 Å². The van der Waals surface area contributed by atoms with E-state index in [1.165, 1.54) is 16.8 Å². The minimum absolute atomic E-state index is 0.127. The third-order valence-corrected chi connectivity index (χ3v) is 2.65. The van der Waals surface area contributed by atoms with Crippen LogP contribution >= 0.6 is 0 Å². The lowest BCUT2D eigenvalue weighted by atomic mass is 10.2. The molecule has 0 spiro atoms. The fourth-order valence-electron chi connectivity index (χ4n) is 1.76. The van der Waals surface area contributed by atoms with Gasteiger partial charge >= 0.3 is 5.97 Å². The molecule has 0 radical (unpaired) electrons. The summed E-state index contributed by atoms with van der Waals surface area (Å²) in [5, 5.41) is 21.6. The highest BCUT2D eigenvalue weighted by Crippen LogP contribution is 2.16. The quantitative estimate of drug-likeness (QED) is 0.919. The molecular formula is C13H11FN4O2. The Hall–Kier alpha value is -2.75. The molecule has 20 heavy (non-hydrogen) atoms. The Morgan fingerprint density at radius 2 is 2.30 bits per heavy atom. The van der Waals surface area contributed by atoms with Crippen LogP contribution in [-0.4, -0.2) is 25.8 Å². The monoisotopic (exact) mass is 274 g/mol. The molecular weight excluding hydrogens is 263 g/mol. The number of nitriles is 1. The fourth-order valence-corrected chi connectivity index (χ4v) is 1.76. The predicted molar refractivity (Wildman–Crippen MR) is 67.0 cm³/mol. The molecule has 1 aromatic heterocycles.